The van der Waals surface area contributed by atoms with Crippen LogP contribution in [0, 0.1) is 0 Å². The van der Waals surface area contributed by atoms with Crippen molar-refractivity contribution in [3.05, 3.63) is 23.7 Å². The predicted molar refractivity (Wildman–Crippen MR) is 79.2 cm³/mol. The Morgan fingerprint density at radius 3 is 2.43 bits per heavy atom. The molecule has 0 atom stereocenters. The molecule has 118 valence electrons. The molecule has 0 spiro atoms. The average molecular weight is 295 g/mol. The summed E-state index contributed by atoms with van der Waals surface area (Å²) < 4.78 is 16.3. The predicted octanol–water partition coefficient (Wildman–Crippen LogP) is 2.85. The highest BCUT2D eigenvalue weighted by atomic mass is 16.5. The third kappa shape index (κ3) is 3.47. The highest BCUT2D eigenvalue weighted by molar-refractivity contribution is 5.86. The van der Waals surface area contributed by atoms with Gasteiger partial charge < -0.3 is 13.9 Å². The zero-order valence-electron chi connectivity index (χ0n) is 13.6. The van der Waals surface area contributed by atoms with Crippen LogP contribution >= 0.6 is 0 Å². The van der Waals surface area contributed by atoms with Crippen LogP contribution in [0.2, 0.25) is 0 Å². The first-order chi connectivity index (χ1) is 9.76. The van der Waals surface area contributed by atoms with E-state index in [9.17, 15) is 4.79 Å². The minimum Gasteiger partial charge on any atom is -0.460 e. The summed E-state index contributed by atoms with van der Waals surface area (Å²) in [6.07, 6.45) is 0. The van der Waals surface area contributed by atoms with Crippen LogP contribution in [0.15, 0.2) is 16.5 Å². The number of hydrogen-bond donors (Lipinski definition) is 0. The Kier molecular flexibility index (Phi) is 4.44. The average Bonchev–Trinajstić information content (AvgIpc) is 2.82. The van der Waals surface area contributed by atoms with Crippen LogP contribution in [0.1, 0.15) is 50.9 Å². The number of nitrogens with zero attached hydrogens (tertiary/aromatic N) is 1. The van der Waals surface area contributed by atoms with E-state index in [1.54, 1.807) is 13.0 Å². The van der Waals surface area contributed by atoms with Crippen LogP contribution < -0.4 is 0 Å². The van der Waals surface area contributed by atoms with E-state index in [4.69, 9.17) is 13.9 Å². The lowest BCUT2D eigenvalue weighted by molar-refractivity contribution is -0.133. The molecular formula is C16H25NO4. The molecule has 0 bridgehead atoms. The Bertz CT molecular complexity index is 488. The minimum absolute atomic E-state index is 0.0847. The lowest BCUT2D eigenvalue weighted by Gasteiger charge is -2.52. The van der Waals surface area contributed by atoms with Gasteiger partial charge in [0.05, 0.1) is 26.4 Å². The molecule has 0 saturated carbocycles. The van der Waals surface area contributed by atoms with Crippen molar-refractivity contribution < 1.29 is 18.7 Å². The first-order valence-corrected chi connectivity index (χ1v) is 7.37. The molecule has 0 unspecified atom stereocenters. The molecule has 2 heterocycles. The quantitative estimate of drug-likeness (QED) is 0.799. The third-order valence-corrected chi connectivity index (χ3v) is 3.82. The molecule has 1 aromatic heterocycles. The van der Waals surface area contributed by atoms with Gasteiger partial charge in [-0.15, -0.1) is 0 Å². The first-order valence-electron chi connectivity index (χ1n) is 7.37. The van der Waals surface area contributed by atoms with E-state index in [1.165, 1.54) is 0 Å². The van der Waals surface area contributed by atoms with Crippen molar-refractivity contribution in [2.45, 2.75) is 52.2 Å². The maximum Gasteiger partial charge on any atom is 0.374 e. The van der Waals surface area contributed by atoms with Crippen LogP contribution in [0.4, 0.5) is 0 Å². The zero-order chi connectivity index (χ0) is 15.7. The molecule has 5 nitrogen and oxygen atoms in total. The molecule has 0 amide bonds. The van der Waals surface area contributed by atoms with Gasteiger partial charge in [-0.05, 0) is 46.8 Å². The van der Waals surface area contributed by atoms with Gasteiger partial charge in [0.15, 0.2) is 0 Å². The SMILES string of the molecule is CCOC(=O)c1ccc(CN2C(C)(C)COCC2(C)C)o1. The molecule has 5 heteroatoms. The van der Waals surface area contributed by atoms with Crippen LogP contribution in [0.3, 0.4) is 0 Å². The van der Waals surface area contributed by atoms with E-state index in [-0.39, 0.29) is 16.8 Å². The molecule has 21 heavy (non-hydrogen) atoms. The summed E-state index contributed by atoms with van der Waals surface area (Å²) in [6.45, 7) is 12.8. The monoisotopic (exact) mass is 295 g/mol. The second-order valence-corrected chi connectivity index (χ2v) is 6.69. The highest BCUT2D eigenvalue weighted by Gasteiger charge is 2.42. The van der Waals surface area contributed by atoms with Crippen molar-refractivity contribution in [1.82, 2.24) is 4.90 Å². The zero-order valence-corrected chi connectivity index (χ0v) is 13.6. The summed E-state index contributed by atoms with van der Waals surface area (Å²) in [4.78, 5) is 14.0. The minimum atomic E-state index is -0.413. The smallest absolute Gasteiger partial charge is 0.374 e. The number of esters is 1. The molecule has 1 fully saturated rings. The highest BCUT2D eigenvalue weighted by Crippen LogP contribution is 2.32. The van der Waals surface area contributed by atoms with Crippen molar-refractivity contribution in [2.24, 2.45) is 0 Å². The van der Waals surface area contributed by atoms with Gasteiger partial charge in [-0.25, -0.2) is 4.79 Å². The molecule has 1 aliphatic heterocycles. The molecule has 0 aromatic carbocycles. The van der Waals surface area contributed by atoms with E-state index in [2.05, 4.69) is 32.6 Å². The van der Waals surface area contributed by atoms with Gasteiger partial charge in [-0.1, -0.05) is 0 Å². The van der Waals surface area contributed by atoms with Crippen LogP contribution in [-0.4, -0.2) is 41.8 Å². The number of rotatable bonds is 4. The van der Waals surface area contributed by atoms with E-state index in [1.807, 2.05) is 6.07 Å². The summed E-state index contributed by atoms with van der Waals surface area (Å²) in [5, 5.41) is 0. The van der Waals surface area contributed by atoms with Crippen LogP contribution in [-0.2, 0) is 16.0 Å². The molecule has 1 aliphatic rings. The fourth-order valence-electron chi connectivity index (χ4n) is 2.88. The van der Waals surface area contributed by atoms with Gasteiger partial charge in [0.2, 0.25) is 5.76 Å². The van der Waals surface area contributed by atoms with Gasteiger partial charge in [0.25, 0.3) is 0 Å². The summed E-state index contributed by atoms with van der Waals surface area (Å²) in [7, 11) is 0. The van der Waals surface area contributed by atoms with Crippen molar-refractivity contribution in [2.75, 3.05) is 19.8 Å². The third-order valence-electron chi connectivity index (χ3n) is 3.82. The second-order valence-electron chi connectivity index (χ2n) is 6.69. The maximum absolute atomic E-state index is 11.7. The van der Waals surface area contributed by atoms with Gasteiger partial charge in [-0.2, -0.15) is 0 Å². The normalized spacial score (nSPS) is 21.2. The number of hydrogen-bond acceptors (Lipinski definition) is 5. The molecule has 0 aliphatic carbocycles. The number of carbonyl (C=O) groups is 1. The van der Waals surface area contributed by atoms with Crippen LogP contribution in [0.25, 0.3) is 0 Å². The van der Waals surface area contributed by atoms with Crippen molar-refractivity contribution in [3.63, 3.8) is 0 Å². The maximum atomic E-state index is 11.7. The molecule has 0 N–H and O–H groups in total. The Morgan fingerprint density at radius 2 is 1.86 bits per heavy atom. The molecule has 1 saturated heterocycles. The fraction of sp³-hybridized carbons (Fsp3) is 0.688. The summed E-state index contributed by atoms with van der Waals surface area (Å²) in [6, 6.07) is 3.52. The molecule has 1 aromatic rings. The topological polar surface area (TPSA) is 51.9 Å². The fourth-order valence-corrected chi connectivity index (χ4v) is 2.88. The van der Waals surface area contributed by atoms with E-state index in [0.717, 1.165) is 5.76 Å². The Labute approximate surface area is 126 Å². The van der Waals surface area contributed by atoms with E-state index >= 15 is 0 Å². The van der Waals surface area contributed by atoms with Crippen LogP contribution in [0.5, 0.6) is 0 Å². The van der Waals surface area contributed by atoms with Crippen molar-refractivity contribution >= 4 is 5.97 Å². The standard InChI is InChI=1S/C16H25NO4/c1-6-20-14(18)13-8-7-12(21-13)9-17-15(2,3)10-19-11-16(17,4)5/h7-8H,6,9-11H2,1-5H3. The molecular weight excluding hydrogens is 270 g/mol. The van der Waals surface area contributed by atoms with Gasteiger partial charge >= 0.3 is 5.97 Å². The van der Waals surface area contributed by atoms with Gasteiger partial charge in [-0.3, -0.25) is 4.90 Å². The lowest BCUT2D eigenvalue weighted by atomic mass is 9.91. The van der Waals surface area contributed by atoms with Crippen molar-refractivity contribution in [1.29, 1.82) is 0 Å². The Morgan fingerprint density at radius 1 is 1.24 bits per heavy atom. The Hall–Kier alpha value is -1.33. The molecule has 0 radical (unpaired) electrons. The Balaban J connectivity index is 2.14. The summed E-state index contributed by atoms with van der Waals surface area (Å²) in [5.74, 6) is 0.612. The second kappa shape index (κ2) is 5.81. The number of morpholine rings is 1. The number of carbonyl (C=O) groups excluding carboxylic acids is 1. The summed E-state index contributed by atoms with van der Waals surface area (Å²) >= 11 is 0. The van der Waals surface area contributed by atoms with Gasteiger partial charge in [0.1, 0.15) is 5.76 Å². The number of ether oxygens (including phenoxy) is 2. The molecule has 2 rings (SSSR count). The lowest BCUT2D eigenvalue weighted by Crippen LogP contribution is -2.62. The number of furan rings is 1. The van der Waals surface area contributed by atoms with Gasteiger partial charge in [0, 0.05) is 11.1 Å². The summed E-state index contributed by atoms with van der Waals surface area (Å²) in [5.41, 5.74) is -0.169. The van der Waals surface area contributed by atoms with E-state index in [0.29, 0.717) is 26.4 Å². The first kappa shape index (κ1) is 16.0. The van der Waals surface area contributed by atoms with E-state index < -0.39 is 5.97 Å². The largest absolute Gasteiger partial charge is 0.460 e. The van der Waals surface area contributed by atoms with Crippen molar-refractivity contribution in [3.8, 4) is 0 Å².